The van der Waals surface area contributed by atoms with E-state index >= 15 is 0 Å². The summed E-state index contributed by atoms with van der Waals surface area (Å²) in [5.74, 6) is -0.685. The van der Waals surface area contributed by atoms with Crippen LogP contribution in [0.1, 0.15) is 31.4 Å². The molecule has 1 fully saturated rings. The molecular weight excluding hydrogens is 278 g/mol. The summed E-state index contributed by atoms with van der Waals surface area (Å²) in [4.78, 5) is 10.8. The molecule has 2 atom stereocenters. The van der Waals surface area contributed by atoms with Gasteiger partial charge in [0.1, 0.15) is 0 Å². The van der Waals surface area contributed by atoms with E-state index in [0.717, 1.165) is 5.56 Å². The predicted molar refractivity (Wildman–Crippen MR) is 75.7 cm³/mol. The molecule has 1 N–H and O–H groups in total. The number of benzene rings is 1. The highest BCUT2D eigenvalue weighted by Crippen LogP contribution is 2.33. The maximum absolute atomic E-state index is 12.2. The quantitative estimate of drug-likeness (QED) is 0.900. The first kappa shape index (κ1) is 15.0. The number of carboxylic acid groups (broad SMARTS) is 1. The summed E-state index contributed by atoms with van der Waals surface area (Å²) < 4.78 is 25.9. The van der Waals surface area contributed by atoms with Crippen LogP contribution in [0.4, 0.5) is 0 Å². The highest BCUT2D eigenvalue weighted by atomic mass is 32.2. The van der Waals surface area contributed by atoms with E-state index in [2.05, 4.69) is 0 Å². The largest absolute Gasteiger partial charge is 0.481 e. The fourth-order valence-corrected chi connectivity index (χ4v) is 4.77. The molecule has 0 radical (unpaired) electrons. The van der Waals surface area contributed by atoms with Gasteiger partial charge in [0.05, 0.1) is 11.8 Å². The number of hydrogen-bond acceptors (Lipinski definition) is 3. The van der Waals surface area contributed by atoms with Crippen molar-refractivity contribution in [3.05, 3.63) is 35.9 Å². The van der Waals surface area contributed by atoms with E-state index in [1.807, 2.05) is 37.3 Å². The molecule has 0 aromatic heterocycles. The van der Waals surface area contributed by atoms with Gasteiger partial charge in [-0.05, 0) is 17.9 Å². The summed E-state index contributed by atoms with van der Waals surface area (Å²) in [6.45, 7) is 2.36. The van der Waals surface area contributed by atoms with Gasteiger partial charge in [0.25, 0.3) is 0 Å². The molecular formula is C14H19NO4S. The second kappa shape index (κ2) is 5.93. The van der Waals surface area contributed by atoms with Gasteiger partial charge >= 0.3 is 5.97 Å². The maximum Gasteiger partial charge on any atom is 0.303 e. The van der Waals surface area contributed by atoms with Gasteiger partial charge < -0.3 is 5.11 Å². The van der Waals surface area contributed by atoms with Gasteiger partial charge in [0, 0.05) is 13.0 Å². The molecule has 20 heavy (non-hydrogen) atoms. The molecule has 110 valence electrons. The topological polar surface area (TPSA) is 74.7 Å². The molecule has 0 amide bonds. The number of aliphatic carboxylic acids is 1. The highest BCUT2D eigenvalue weighted by Gasteiger charge is 2.38. The van der Waals surface area contributed by atoms with Crippen LogP contribution in [-0.4, -0.2) is 36.1 Å². The van der Waals surface area contributed by atoms with E-state index in [0.29, 0.717) is 13.0 Å². The van der Waals surface area contributed by atoms with E-state index in [-0.39, 0.29) is 24.1 Å². The Morgan fingerprint density at radius 2 is 2.05 bits per heavy atom. The lowest BCUT2D eigenvalue weighted by molar-refractivity contribution is -0.137. The van der Waals surface area contributed by atoms with Crippen LogP contribution in [-0.2, 0) is 14.8 Å². The van der Waals surface area contributed by atoms with Crippen LogP contribution in [0.3, 0.4) is 0 Å². The lowest BCUT2D eigenvalue weighted by Crippen LogP contribution is -2.31. The average Bonchev–Trinajstić information content (AvgIpc) is 2.64. The van der Waals surface area contributed by atoms with Crippen molar-refractivity contribution in [3.63, 3.8) is 0 Å². The SMILES string of the molecule is CC1CN(C(CCC(=O)O)c2ccccc2)S(=O)(=O)C1. The van der Waals surface area contributed by atoms with Crippen LogP contribution in [0.5, 0.6) is 0 Å². The molecule has 1 saturated heterocycles. The normalized spacial score (nSPS) is 23.6. The van der Waals surface area contributed by atoms with Crippen molar-refractivity contribution in [2.24, 2.45) is 5.92 Å². The summed E-state index contributed by atoms with van der Waals surface area (Å²) in [7, 11) is -3.29. The molecule has 1 heterocycles. The van der Waals surface area contributed by atoms with Gasteiger partial charge in [-0.1, -0.05) is 37.3 Å². The van der Waals surface area contributed by atoms with Crippen molar-refractivity contribution in [1.82, 2.24) is 4.31 Å². The van der Waals surface area contributed by atoms with E-state index in [1.54, 1.807) is 0 Å². The standard InChI is InChI=1S/C14H19NO4S/c1-11-9-15(20(18,19)10-11)13(7-8-14(16)17)12-5-3-2-4-6-12/h2-6,11,13H,7-10H2,1H3,(H,16,17). The minimum absolute atomic E-state index is 0.0417. The van der Waals surface area contributed by atoms with Crippen molar-refractivity contribution in [2.75, 3.05) is 12.3 Å². The second-order valence-electron chi connectivity index (χ2n) is 5.31. The molecule has 6 heteroatoms. The molecule has 0 saturated carbocycles. The third kappa shape index (κ3) is 3.37. The van der Waals surface area contributed by atoms with Crippen LogP contribution in [0.2, 0.25) is 0 Å². The number of nitrogens with zero attached hydrogens (tertiary/aromatic N) is 1. The molecule has 0 bridgehead atoms. The zero-order valence-corrected chi connectivity index (χ0v) is 12.2. The average molecular weight is 297 g/mol. The first-order valence-corrected chi connectivity index (χ1v) is 8.27. The smallest absolute Gasteiger partial charge is 0.303 e. The number of carboxylic acids is 1. The number of sulfonamides is 1. The zero-order valence-electron chi connectivity index (χ0n) is 11.4. The van der Waals surface area contributed by atoms with Crippen molar-refractivity contribution >= 4 is 16.0 Å². The Morgan fingerprint density at radius 3 is 2.55 bits per heavy atom. The van der Waals surface area contributed by atoms with Crippen LogP contribution >= 0.6 is 0 Å². The fraction of sp³-hybridized carbons (Fsp3) is 0.500. The minimum atomic E-state index is -3.29. The Morgan fingerprint density at radius 1 is 1.40 bits per heavy atom. The molecule has 1 aromatic carbocycles. The molecule has 5 nitrogen and oxygen atoms in total. The third-order valence-corrected chi connectivity index (χ3v) is 5.62. The van der Waals surface area contributed by atoms with Crippen LogP contribution in [0.25, 0.3) is 0 Å². The predicted octanol–water partition coefficient (Wildman–Crippen LogP) is 1.87. The molecule has 0 spiro atoms. The van der Waals surface area contributed by atoms with Gasteiger partial charge in [-0.2, -0.15) is 4.31 Å². The maximum atomic E-state index is 12.2. The number of hydrogen-bond donors (Lipinski definition) is 1. The van der Waals surface area contributed by atoms with E-state index in [1.165, 1.54) is 4.31 Å². The van der Waals surface area contributed by atoms with Crippen molar-refractivity contribution < 1.29 is 18.3 Å². The molecule has 0 aliphatic carbocycles. The van der Waals surface area contributed by atoms with Crippen LogP contribution in [0, 0.1) is 5.92 Å². The van der Waals surface area contributed by atoms with Gasteiger partial charge in [0.2, 0.25) is 10.0 Å². The summed E-state index contributed by atoms with van der Waals surface area (Å²) in [6.07, 6.45) is 0.255. The Kier molecular flexibility index (Phi) is 4.45. The van der Waals surface area contributed by atoms with E-state index in [4.69, 9.17) is 5.11 Å². The third-order valence-electron chi connectivity index (χ3n) is 3.51. The molecule has 1 aliphatic heterocycles. The second-order valence-corrected chi connectivity index (χ2v) is 7.28. The fourth-order valence-electron chi connectivity index (χ4n) is 2.66. The Labute approximate surface area is 119 Å². The molecule has 1 aliphatic rings. The Bertz CT molecular complexity index is 570. The van der Waals surface area contributed by atoms with Crippen molar-refractivity contribution in [1.29, 1.82) is 0 Å². The summed E-state index contributed by atoms with van der Waals surface area (Å²) in [5.41, 5.74) is 0.853. The van der Waals surface area contributed by atoms with E-state index in [9.17, 15) is 13.2 Å². The molecule has 2 rings (SSSR count). The van der Waals surface area contributed by atoms with Crippen molar-refractivity contribution in [2.45, 2.75) is 25.8 Å². The summed E-state index contributed by atoms with van der Waals surface area (Å²) in [6, 6.07) is 8.86. The molecule has 1 aromatic rings. The number of carbonyl (C=O) groups is 1. The first-order valence-electron chi connectivity index (χ1n) is 6.66. The highest BCUT2D eigenvalue weighted by molar-refractivity contribution is 7.89. The summed E-state index contributed by atoms with van der Waals surface area (Å²) in [5, 5.41) is 8.87. The Balaban J connectivity index is 2.29. The van der Waals surface area contributed by atoms with Gasteiger partial charge in [-0.25, -0.2) is 8.42 Å². The van der Waals surface area contributed by atoms with Crippen molar-refractivity contribution in [3.8, 4) is 0 Å². The van der Waals surface area contributed by atoms with Crippen LogP contribution < -0.4 is 0 Å². The monoisotopic (exact) mass is 297 g/mol. The lowest BCUT2D eigenvalue weighted by Gasteiger charge is -2.26. The number of rotatable bonds is 5. The van der Waals surface area contributed by atoms with E-state index < -0.39 is 16.0 Å². The summed E-state index contributed by atoms with van der Waals surface area (Å²) >= 11 is 0. The van der Waals surface area contributed by atoms with Gasteiger partial charge in [-0.3, -0.25) is 4.79 Å². The Hall–Kier alpha value is -1.40. The van der Waals surface area contributed by atoms with Gasteiger partial charge in [0.15, 0.2) is 0 Å². The van der Waals surface area contributed by atoms with Crippen LogP contribution in [0.15, 0.2) is 30.3 Å². The molecule has 2 unspecified atom stereocenters. The minimum Gasteiger partial charge on any atom is -0.481 e. The zero-order chi connectivity index (χ0) is 14.8. The lowest BCUT2D eigenvalue weighted by atomic mass is 10.0. The first-order chi connectivity index (χ1) is 9.40. The van der Waals surface area contributed by atoms with Gasteiger partial charge in [-0.15, -0.1) is 0 Å².